The lowest BCUT2D eigenvalue weighted by atomic mass is 10.0. The molecule has 0 bridgehead atoms. The lowest BCUT2D eigenvalue weighted by Crippen LogP contribution is -2.37. The molecule has 26 heavy (non-hydrogen) atoms. The van der Waals surface area contributed by atoms with Gasteiger partial charge in [0.1, 0.15) is 5.82 Å². The molecule has 0 radical (unpaired) electrons. The van der Waals surface area contributed by atoms with E-state index in [0.29, 0.717) is 25.4 Å². The molecule has 0 saturated heterocycles. The first-order valence-corrected chi connectivity index (χ1v) is 9.09. The Kier molecular flexibility index (Phi) is 4.72. The smallest absolute Gasteiger partial charge is 0.228 e. The highest BCUT2D eigenvalue weighted by atomic mass is 19.1. The van der Waals surface area contributed by atoms with Gasteiger partial charge in [-0.1, -0.05) is 0 Å². The van der Waals surface area contributed by atoms with Gasteiger partial charge in [-0.3, -0.25) is 14.5 Å². The summed E-state index contributed by atoms with van der Waals surface area (Å²) in [6, 6.07) is 2.89. The first kappa shape index (κ1) is 17.1. The number of halogens is 1. The van der Waals surface area contributed by atoms with Gasteiger partial charge in [0.2, 0.25) is 5.91 Å². The van der Waals surface area contributed by atoms with E-state index < -0.39 is 5.82 Å². The number of hydrogen-bond donors (Lipinski definition) is 0. The van der Waals surface area contributed by atoms with Crippen molar-refractivity contribution < 1.29 is 13.9 Å². The summed E-state index contributed by atoms with van der Waals surface area (Å²) in [4.78, 5) is 18.4. The summed E-state index contributed by atoms with van der Waals surface area (Å²) in [7, 11) is 1.92. The number of pyridine rings is 1. The van der Waals surface area contributed by atoms with Gasteiger partial charge in [-0.25, -0.2) is 4.39 Å². The highest BCUT2D eigenvalue weighted by Crippen LogP contribution is 2.29. The second-order valence-corrected chi connectivity index (χ2v) is 7.16. The number of rotatable bonds is 6. The van der Waals surface area contributed by atoms with Gasteiger partial charge >= 0.3 is 0 Å². The first-order chi connectivity index (χ1) is 12.6. The molecule has 1 aliphatic heterocycles. The average Bonchev–Trinajstić information content (AvgIpc) is 3.41. The molecule has 0 N–H and O–H groups in total. The maximum absolute atomic E-state index is 12.9. The topological polar surface area (TPSA) is 60.2 Å². The van der Waals surface area contributed by atoms with Crippen LogP contribution in [0, 0.1) is 11.7 Å². The third-order valence-electron chi connectivity index (χ3n) is 5.09. The fourth-order valence-corrected chi connectivity index (χ4v) is 3.37. The van der Waals surface area contributed by atoms with E-state index in [-0.39, 0.29) is 12.3 Å². The monoisotopic (exact) mass is 358 g/mol. The van der Waals surface area contributed by atoms with E-state index in [1.54, 1.807) is 6.07 Å². The number of ether oxygens (including phenoxy) is 1. The van der Waals surface area contributed by atoms with Gasteiger partial charge in [0, 0.05) is 31.5 Å². The minimum absolute atomic E-state index is 0.00231. The van der Waals surface area contributed by atoms with Crippen molar-refractivity contribution in [2.75, 3.05) is 13.2 Å². The predicted molar refractivity (Wildman–Crippen MR) is 92.6 cm³/mol. The van der Waals surface area contributed by atoms with Gasteiger partial charge in [0.25, 0.3) is 0 Å². The summed E-state index contributed by atoms with van der Waals surface area (Å²) in [5, 5.41) is 4.60. The Morgan fingerprint density at radius 2 is 2.23 bits per heavy atom. The standard InChI is InChI=1S/C19H23FN4O2/c1-23-18-10-24(19(25)8-15-5-4-14(20)9-21-15)7-6-16(18)17(22-23)12-26-11-13-2-3-13/h4-5,9,13H,2-3,6-8,10-12H2,1H3. The minimum Gasteiger partial charge on any atom is -0.375 e. The summed E-state index contributed by atoms with van der Waals surface area (Å²) in [6.07, 6.45) is 4.67. The molecule has 1 fully saturated rings. The predicted octanol–water partition coefficient (Wildman–Crippen LogP) is 2.01. The van der Waals surface area contributed by atoms with E-state index in [0.717, 1.165) is 36.5 Å². The number of fused-ring (bicyclic) bond motifs is 1. The second-order valence-electron chi connectivity index (χ2n) is 7.16. The molecular weight excluding hydrogens is 335 g/mol. The highest BCUT2D eigenvalue weighted by Gasteiger charge is 2.27. The van der Waals surface area contributed by atoms with Crippen molar-refractivity contribution in [3.8, 4) is 0 Å². The summed E-state index contributed by atoms with van der Waals surface area (Å²) in [5.41, 5.74) is 3.87. The molecule has 7 heteroatoms. The molecule has 0 atom stereocenters. The molecule has 138 valence electrons. The molecule has 1 saturated carbocycles. The third-order valence-corrected chi connectivity index (χ3v) is 5.09. The minimum atomic E-state index is -0.393. The van der Waals surface area contributed by atoms with Crippen molar-refractivity contribution in [3.63, 3.8) is 0 Å². The summed E-state index contributed by atoms with van der Waals surface area (Å²) < 4.78 is 20.6. The molecule has 1 aliphatic carbocycles. The normalized spacial score (nSPS) is 16.6. The van der Waals surface area contributed by atoms with E-state index in [1.165, 1.54) is 24.5 Å². The van der Waals surface area contributed by atoms with Crippen LogP contribution in [0.4, 0.5) is 4.39 Å². The Morgan fingerprint density at radius 1 is 1.38 bits per heavy atom. The van der Waals surface area contributed by atoms with Crippen LogP contribution in [0.2, 0.25) is 0 Å². The Balaban J connectivity index is 1.39. The number of amides is 1. The maximum atomic E-state index is 12.9. The van der Waals surface area contributed by atoms with E-state index in [1.807, 2.05) is 16.6 Å². The SMILES string of the molecule is Cn1nc(COCC2CC2)c2c1CN(C(=O)Cc1ccc(F)cn1)CC2. The van der Waals surface area contributed by atoms with Crippen LogP contribution in [-0.4, -0.2) is 38.7 Å². The molecule has 4 rings (SSSR count). The zero-order valence-electron chi connectivity index (χ0n) is 14.9. The number of carbonyl (C=O) groups excluding carboxylic acids is 1. The maximum Gasteiger partial charge on any atom is 0.228 e. The van der Waals surface area contributed by atoms with Crippen molar-refractivity contribution in [2.24, 2.45) is 13.0 Å². The van der Waals surface area contributed by atoms with E-state index in [2.05, 4.69) is 10.1 Å². The lowest BCUT2D eigenvalue weighted by Gasteiger charge is -2.27. The van der Waals surface area contributed by atoms with Crippen LogP contribution in [-0.2, 0) is 42.6 Å². The van der Waals surface area contributed by atoms with Gasteiger partial charge in [-0.2, -0.15) is 5.10 Å². The Labute approximate surface area is 152 Å². The van der Waals surface area contributed by atoms with Crippen molar-refractivity contribution in [1.29, 1.82) is 0 Å². The Morgan fingerprint density at radius 3 is 2.96 bits per heavy atom. The van der Waals surface area contributed by atoms with Crippen LogP contribution in [0.1, 0.15) is 35.5 Å². The molecule has 0 aromatic carbocycles. The molecule has 0 unspecified atom stereocenters. The number of aromatic nitrogens is 3. The summed E-state index contributed by atoms with van der Waals surface area (Å²) in [5.74, 6) is 0.348. The van der Waals surface area contributed by atoms with Gasteiger partial charge in [-0.15, -0.1) is 0 Å². The molecule has 2 aromatic rings. The number of nitrogens with zero attached hydrogens (tertiary/aromatic N) is 4. The number of aryl methyl sites for hydroxylation is 1. The average molecular weight is 358 g/mol. The van der Waals surface area contributed by atoms with Crippen molar-refractivity contribution in [1.82, 2.24) is 19.7 Å². The Bertz CT molecular complexity index is 799. The second kappa shape index (κ2) is 7.15. The van der Waals surface area contributed by atoms with E-state index in [4.69, 9.17) is 4.74 Å². The van der Waals surface area contributed by atoms with Crippen molar-refractivity contribution in [2.45, 2.75) is 38.8 Å². The fraction of sp³-hybridized carbons (Fsp3) is 0.526. The molecule has 3 heterocycles. The molecule has 0 spiro atoms. The zero-order chi connectivity index (χ0) is 18.1. The molecule has 2 aromatic heterocycles. The van der Waals surface area contributed by atoms with Crippen LogP contribution in [0.5, 0.6) is 0 Å². The van der Waals surface area contributed by atoms with Gasteiger partial charge in [0.05, 0.1) is 37.2 Å². The third kappa shape index (κ3) is 3.77. The molecule has 2 aliphatic rings. The lowest BCUT2D eigenvalue weighted by molar-refractivity contribution is -0.131. The zero-order valence-corrected chi connectivity index (χ0v) is 14.9. The van der Waals surface area contributed by atoms with Crippen molar-refractivity contribution >= 4 is 5.91 Å². The van der Waals surface area contributed by atoms with Crippen LogP contribution in [0.3, 0.4) is 0 Å². The quantitative estimate of drug-likeness (QED) is 0.793. The molecular formula is C19H23FN4O2. The highest BCUT2D eigenvalue weighted by molar-refractivity contribution is 5.78. The number of carbonyl (C=O) groups is 1. The number of hydrogen-bond acceptors (Lipinski definition) is 4. The molecule has 6 nitrogen and oxygen atoms in total. The van der Waals surface area contributed by atoms with E-state index in [9.17, 15) is 9.18 Å². The van der Waals surface area contributed by atoms with Gasteiger partial charge in [-0.05, 0) is 37.3 Å². The Hall–Kier alpha value is -2.28. The van der Waals surface area contributed by atoms with Crippen LogP contribution in [0.15, 0.2) is 18.3 Å². The molecule has 1 amide bonds. The van der Waals surface area contributed by atoms with Gasteiger partial charge in [0.15, 0.2) is 0 Å². The van der Waals surface area contributed by atoms with Crippen LogP contribution >= 0.6 is 0 Å². The van der Waals surface area contributed by atoms with Crippen LogP contribution < -0.4 is 0 Å². The fourth-order valence-electron chi connectivity index (χ4n) is 3.37. The van der Waals surface area contributed by atoms with E-state index >= 15 is 0 Å². The van der Waals surface area contributed by atoms with Crippen molar-refractivity contribution in [3.05, 3.63) is 46.8 Å². The summed E-state index contributed by atoms with van der Waals surface area (Å²) >= 11 is 0. The first-order valence-electron chi connectivity index (χ1n) is 9.09. The van der Waals surface area contributed by atoms with Crippen LogP contribution in [0.25, 0.3) is 0 Å². The summed E-state index contributed by atoms with van der Waals surface area (Å²) in [6.45, 7) is 2.57. The van der Waals surface area contributed by atoms with Gasteiger partial charge < -0.3 is 9.64 Å². The largest absolute Gasteiger partial charge is 0.375 e.